The van der Waals surface area contributed by atoms with E-state index in [1.807, 2.05) is 35.9 Å². The average molecular weight is 275 g/mol. The number of rotatable bonds is 5. The van der Waals surface area contributed by atoms with Crippen molar-refractivity contribution in [2.75, 3.05) is 14.2 Å². The molecular formula is C15H17NO2S. The predicted octanol–water partition coefficient (Wildman–Crippen LogP) is 3.95. The molecule has 0 saturated carbocycles. The second kappa shape index (κ2) is 6.38. The number of methoxy groups -OCH3 is 2. The van der Waals surface area contributed by atoms with E-state index in [-0.39, 0.29) is 6.04 Å². The molecule has 0 aliphatic rings. The van der Waals surface area contributed by atoms with Gasteiger partial charge in [0.25, 0.3) is 0 Å². The zero-order valence-corrected chi connectivity index (χ0v) is 12.1. The molecule has 0 aliphatic heterocycles. The maximum atomic E-state index is 5.30. The van der Waals surface area contributed by atoms with E-state index < -0.39 is 0 Å². The lowest BCUT2D eigenvalue weighted by Crippen LogP contribution is -1.95. The minimum atomic E-state index is 0.0851. The number of hydrogen-bond donors (Lipinski definition) is 0. The second-order valence-corrected chi connectivity index (χ2v) is 5.06. The van der Waals surface area contributed by atoms with Crippen LogP contribution in [0.4, 0.5) is 0 Å². The van der Waals surface area contributed by atoms with Gasteiger partial charge in [-0.05, 0) is 36.1 Å². The van der Waals surface area contributed by atoms with Crippen LogP contribution < -0.4 is 9.47 Å². The number of benzene rings is 1. The molecule has 4 heteroatoms. The first-order chi connectivity index (χ1) is 9.24. The van der Waals surface area contributed by atoms with Crippen molar-refractivity contribution < 1.29 is 9.47 Å². The summed E-state index contributed by atoms with van der Waals surface area (Å²) in [6, 6.07) is 10.0. The lowest BCUT2D eigenvalue weighted by Gasteiger charge is -2.11. The Balaban J connectivity index is 2.17. The van der Waals surface area contributed by atoms with Gasteiger partial charge in [-0.3, -0.25) is 4.99 Å². The Bertz CT molecular complexity index is 549. The van der Waals surface area contributed by atoms with Crippen LogP contribution >= 0.6 is 11.3 Å². The summed E-state index contributed by atoms with van der Waals surface area (Å²) in [4.78, 5) is 5.72. The van der Waals surface area contributed by atoms with E-state index in [0.29, 0.717) is 0 Å². The van der Waals surface area contributed by atoms with Crippen LogP contribution in [0.1, 0.15) is 23.4 Å². The van der Waals surface area contributed by atoms with Crippen LogP contribution in [0.3, 0.4) is 0 Å². The Morgan fingerprint density at radius 1 is 1.16 bits per heavy atom. The number of nitrogens with zero attached hydrogens (tertiary/aromatic N) is 1. The van der Waals surface area contributed by atoms with Gasteiger partial charge >= 0.3 is 0 Å². The summed E-state index contributed by atoms with van der Waals surface area (Å²) in [5.41, 5.74) is 1.10. The first-order valence-electron chi connectivity index (χ1n) is 6.03. The van der Waals surface area contributed by atoms with Crippen molar-refractivity contribution in [3.8, 4) is 11.5 Å². The molecule has 19 heavy (non-hydrogen) atoms. The van der Waals surface area contributed by atoms with Crippen LogP contribution in [-0.2, 0) is 0 Å². The Kier molecular flexibility index (Phi) is 4.58. The molecule has 1 heterocycles. The highest BCUT2D eigenvalue weighted by molar-refractivity contribution is 7.11. The molecule has 0 N–H and O–H groups in total. The highest BCUT2D eigenvalue weighted by atomic mass is 32.1. The quantitative estimate of drug-likeness (QED) is 0.774. The summed E-state index contributed by atoms with van der Waals surface area (Å²) in [6.45, 7) is 2.06. The van der Waals surface area contributed by atoms with E-state index >= 15 is 0 Å². The second-order valence-electron chi connectivity index (χ2n) is 4.08. The average Bonchev–Trinajstić information content (AvgIpc) is 2.97. The van der Waals surface area contributed by atoms with Gasteiger partial charge in [-0.2, -0.15) is 0 Å². The van der Waals surface area contributed by atoms with Crippen molar-refractivity contribution in [3.05, 3.63) is 46.2 Å². The van der Waals surface area contributed by atoms with Crippen molar-refractivity contribution in [1.29, 1.82) is 0 Å². The third-order valence-electron chi connectivity index (χ3n) is 2.86. The molecule has 0 unspecified atom stereocenters. The number of thiophene rings is 1. The molecule has 0 amide bonds. The molecule has 1 aromatic heterocycles. The molecule has 3 nitrogen and oxygen atoms in total. The van der Waals surface area contributed by atoms with E-state index in [1.54, 1.807) is 25.6 Å². The molecule has 2 aromatic rings. The topological polar surface area (TPSA) is 30.8 Å². The van der Waals surface area contributed by atoms with Gasteiger partial charge in [-0.15, -0.1) is 11.3 Å². The molecule has 2 rings (SSSR count). The van der Waals surface area contributed by atoms with Gasteiger partial charge in [0.15, 0.2) is 11.5 Å². The zero-order valence-electron chi connectivity index (χ0n) is 11.3. The van der Waals surface area contributed by atoms with Crippen LogP contribution in [-0.4, -0.2) is 20.4 Å². The van der Waals surface area contributed by atoms with E-state index in [1.165, 1.54) is 0 Å². The SMILES string of the molecule is COc1ccc([C@H](C)/N=C/c2cccs2)cc1OC. The maximum Gasteiger partial charge on any atom is 0.161 e. The van der Waals surface area contributed by atoms with Gasteiger partial charge in [0.1, 0.15) is 0 Å². The summed E-state index contributed by atoms with van der Waals surface area (Å²) >= 11 is 1.68. The van der Waals surface area contributed by atoms with Crippen molar-refractivity contribution in [3.63, 3.8) is 0 Å². The van der Waals surface area contributed by atoms with Gasteiger partial charge in [-0.25, -0.2) is 0 Å². The summed E-state index contributed by atoms with van der Waals surface area (Å²) in [6.07, 6.45) is 1.91. The van der Waals surface area contributed by atoms with Gasteiger partial charge in [-0.1, -0.05) is 12.1 Å². The van der Waals surface area contributed by atoms with Crippen molar-refractivity contribution in [1.82, 2.24) is 0 Å². The molecule has 1 aromatic carbocycles. The van der Waals surface area contributed by atoms with Crippen molar-refractivity contribution >= 4 is 17.6 Å². The van der Waals surface area contributed by atoms with E-state index in [9.17, 15) is 0 Å². The minimum absolute atomic E-state index is 0.0851. The Morgan fingerprint density at radius 2 is 1.95 bits per heavy atom. The monoisotopic (exact) mass is 275 g/mol. The fourth-order valence-corrected chi connectivity index (χ4v) is 2.34. The van der Waals surface area contributed by atoms with Crippen molar-refractivity contribution in [2.45, 2.75) is 13.0 Å². The molecule has 100 valence electrons. The lowest BCUT2D eigenvalue weighted by molar-refractivity contribution is 0.354. The zero-order chi connectivity index (χ0) is 13.7. The lowest BCUT2D eigenvalue weighted by atomic mass is 10.1. The highest BCUT2D eigenvalue weighted by Gasteiger charge is 2.08. The summed E-state index contributed by atoms with van der Waals surface area (Å²) in [5, 5.41) is 2.04. The molecule has 0 aliphatic carbocycles. The van der Waals surface area contributed by atoms with Crippen LogP contribution in [0.15, 0.2) is 40.7 Å². The fraction of sp³-hybridized carbons (Fsp3) is 0.267. The van der Waals surface area contributed by atoms with Gasteiger partial charge in [0.2, 0.25) is 0 Å². The molecule has 0 fully saturated rings. The van der Waals surface area contributed by atoms with Crippen molar-refractivity contribution in [2.24, 2.45) is 4.99 Å². The molecule has 0 bridgehead atoms. The summed E-state index contributed by atoms with van der Waals surface area (Å²) < 4.78 is 10.5. The number of hydrogen-bond acceptors (Lipinski definition) is 4. The third kappa shape index (κ3) is 3.35. The first kappa shape index (κ1) is 13.6. The fourth-order valence-electron chi connectivity index (χ4n) is 1.75. The Hall–Kier alpha value is -1.81. The highest BCUT2D eigenvalue weighted by Crippen LogP contribution is 2.30. The number of ether oxygens (including phenoxy) is 2. The van der Waals surface area contributed by atoms with E-state index in [0.717, 1.165) is 21.9 Å². The number of aliphatic imine (C=N–C) groups is 1. The maximum absolute atomic E-state index is 5.30. The van der Waals surface area contributed by atoms with Gasteiger partial charge in [0, 0.05) is 11.1 Å². The minimum Gasteiger partial charge on any atom is -0.493 e. The predicted molar refractivity (Wildman–Crippen MR) is 79.9 cm³/mol. The molecule has 0 saturated heterocycles. The normalized spacial score (nSPS) is 12.6. The largest absolute Gasteiger partial charge is 0.493 e. The van der Waals surface area contributed by atoms with Gasteiger partial charge in [0.05, 0.1) is 20.3 Å². The Labute approximate surface area is 117 Å². The smallest absolute Gasteiger partial charge is 0.161 e. The van der Waals surface area contributed by atoms with Gasteiger partial charge < -0.3 is 9.47 Å². The molecule has 1 atom stereocenters. The third-order valence-corrected chi connectivity index (χ3v) is 3.67. The van der Waals surface area contributed by atoms with E-state index in [2.05, 4.69) is 18.0 Å². The standard InChI is InChI=1S/C15H17NO2S/c1-11(16-10-13-5-4-8-19-13)12-6-7-14(17-2)15(9-12)18-3/h4-11H,1-3H3/b16-10+/t11-/m0/s1. The first-order valence-corrected chi connectivity index (χ1v) is 6.91. The molecule has 0 spiro atoms. The van der Waals surface area contributed by atoms with E-state index in [4.69, 9.17) is 9.47 Å². The summed E-state index contributed by atoms with van der Waals surface area (Å²) in [5.74, 6) is 1.47. The van der Waals surface area contributed by atoms with Crippen LogP contribution in [0.5, 0.6) is 11.5 Å². The van der Waals surface area contributed by atoms with Crippen LogP contribution in [0.2, 0.25) is 0 Å². The summed E-state index contributed by atoms with van der Waals surface area (Å²) in [7, 11) is 3.27. The van der Waals surface area contributed by atoms with Crippen LogP contribution in [0, 0.1) is 0 Å². The van der Waals surface area contributed by atoms with Crippen LogP contribution in [0.25, 0.3) is 0 Å². The molecular weight excluding hydrogens is 258 g/mol. The Morgan fingerprint density at radius 3 is 2.58 bits per heavy atom. The molecule has 0 radical (unpaired) electrons.